The summed E-state index contributed by atoms with van der Waals surface area (Å²) in [7, 11) is -3.70. The molecule has 0 saturated carbocycles. The Bertz CT molecular complexity index is 1470. The monoisotopic (exact) mass is 528 g/mol. The second kappa shape index (κ2) is 9.82. The Morgan fingerprint density at radius 1 is 1.14 bits per heavy atom. The van der Waals surface area contributed by atoms with E-state index in [1.54, 1.807) is 41.5 Å². The predicted octanol–water partition coefficient (Wildman–Crippen LogP) is 5.31. The average Bonchev–Trinajstić information content (AvgIpc) is 3.53. The van der Waals surface area contributed by atoms with Crippen LogP contribution in [0.4, 0.5) is 9.52 Å². The molecule has 1 amide bonds. The molecule has 0 unspecified atom stereocenters. The van der Waals surface area contributed by atoms with Gasteiger partial charge in [0.1, 0.15) is 22.8 Å². The molecule has 4 aromatic rings. The number of rotatable bonds is 6. The maximum absolute atomic E-state index is 13.3. The number of nitrogens with zero attached hydrogens (tertiary/aromatic N) is 3. The maximum atomic E-state index is 13.3. The summed E-state index contributed by atoms with van der Waals surface area (Å²) in [5.41, 5.74) is 2.44. The number of thiazole rings is 1. The lowest BCUT2D eigenvalue weighted by molar-refractivity contribution is 0.0712. The lowest BCUT2D eigenvalue weighted by Crippen LogP contribution is -2.38. The summed E-state index contributed by atoms with van der Waals surface area (Å²) in [5, 5.41) is 6.06. The number of aromatic nitrogens is 2. The fraction of sp³-hybridized carbons (Fsp3) is 0.240. The molecule has 0 bridgehead atoms. The summed E-state index contributed by atoms with van der Waals surface area (Å²) >= 11 is 1.21. The molecule has 5 rings (SSSR count). The summed E-state index contributed by atoms with van der Waals surface area (Å²) in [5.74, 6) is 0.0963. The first-order chi connectivity index (χ1) is 17.3. The van der Waals surface area contributed by atoms with Crippen molar-refractivity contribution in [1.29, 1.82) is 0 Å². The Balaban J connectivity index is 0.00000320. The van der Waals surface area contributed by atoms with E-state index in [4.69, 9.17) is 4.52 Å². The third kappa shape index (κ3) is 4.89. The van der Waals surface area contributed by atoms with Gasteiger partial charge in [0.05, 0.1) is 4.90 Å². The molecule has 2 aromatic heterocycles. The normalized spacial score (nSPS) is 14.7. The van der Waals surface area contributed by atoms with Crippen LogP contribution < -0.4 is 4.72 Å². The van der Waals surface area contributed by atoms with E-state index in [0.29, 0.717) is 40.8 Å². The number of likely N-dealkylation sites (tertiary alicyclic amines) is 1. The van der Waals surface area contributed by atoms with Crippen LogP contribution >= 0.6 is 11.3 Å². The molecular formula is C25H25FN4O4S2. The van der Waals surface area contributed by atoms with Gasteiger partial charge in [0.15, 0.2) is 5.13 Å². The van der Waals surface area contributed by atoms with Gasteiger partial charge in [-0.05, 0) is 67.6 Å². The van der Waals surface area contributed by atoms with Gasteiger partial charge in [-0.3, -0.25) is 9.52 Å². The van der Waals surface area contributed by atoms with Crippen molar-refractivity contribution < 1.29 is 23.6 Å². The first kappa shape index (κ1) is 24.1. The molecule has 11 heteroatoms. The first-order valence-electron chi connectivity index (χ1n) is 11.4. The van der Waals surface area contributed by atoms with E-state index in [2.05, 4.69) is 14.9 Å². The number of hydrogen-bond donors (Lipinski definition) is 1. The van der Waals surface area contributed by atoms with Crippen LogP contribution in [0.1, 0.15) is 41.9 Å². The molecule has 1 aliphatic heterocycles. The second-order valence-electron chi connectivity index (χ2n) is 8.55. The molecule has 1 saturated heterocycles. The Morgan fingerprint density at radius 3 is 2.47 bits per heavy atom. The van der Waals surface area contributed by atoms with Crippen LogP contribution in [0.15, 0.2) is 69.5 Å². The number of amides is 1. The molecule has 0 spiro atoms. The average molecular weight is 529 g/mol. The zero-order valence-corrected chi connectivity index (χ0v) is 21.0. The van der Waals surface area contributed by atoms with Crippen LogP contribution in [-0.4, -0.2) is 42.5 Å². The highest BCUT2D eigenvalue weighted by Gasteiger charge is 2.30. The minimum absolute atomic E-state index is 0. The SMILES string of the molecule is Cc1onc(-c2ccc(F)cc2)c1C(=O)N1CCC(c2ccc(S(=O)(=O)Nc3nccs3)cc2)CC1.[HH]. The van der Waals surface area contributed by atoms with Gasteiger partial charge in [0.25, 0.3) is 15.9 Å². The highest BCUT2D eigenvalue weighted by atomic mass is 32.2. The van der Waals surface area contributed by atoms with E-state index in [-0.39, 0.29) is 24.0 Å². The van der Waals surface area contributed by atoms with Crippen LogP contribution in [-0.2, 0) is 10.0 Å². The van der Waals surface area contributed by atoms with Gasteiger partial charge < -0.3 is 9.42 Å². The quantitative estimate of drug-likeness (QED) is 0.364. The molecule has 1 N–H and O–H groups in total. The number of hydrogen-bond acceptors (Lipinski definition) is 7. The van der Waals surface area contributed by atoms with Gasteiger partial charge in [-0.1, -0.05) is 17.3 Å². The van der Waals surface area contributed by atoms with Crippen molar-refractivity contribution in [1.82, 2.24) is 15.0 Å². The summed E-state index contributed by atoms with van der Waals surface area (Å²) < 4.78 is 46.3. The fourth-order valence-electron chi connectivity index (χ4n) is 4.37. The van der Waals surface area contributed by atoms with Crippen molar-refractivity contribution in [2.24, 2.45) is 0 Å². The molecule has 1 aliphatic rings. The molecule has 0 atom stereocenters. The topological polar surface area (TPSA) is 105 Å². The zero-order chi connectivity index (χ0) is 25.3. The number of benzene rings is 2. The van der Waals surface area contributed by atoms with E-state index in [0.717, 1.165) is 18.4 Å². The number of carbonyl (C=O) groups is 1. The highest BCUT2D eigenvalue weighted by molar-refractivity contribution is 7.93. The van der Waals surface area contributed by atoms with E-state index >= 15 is 0 Å². The van der Waals surface area contributed by atoms with Crippen LogP contribution in [0.5, 0.6) is 0 Å². The van der Waals surface area contributed by atoms with Crippen LogP contribution in [0, 0.1) is 12.7 Å². The number of anilines is 1. The van der Waals surface area contributed by atoms with Gasteiger partial charge in [-0.15, -0.1) is 11.3 Å². The van der Waals surface area contributed by atoms with Crippen molar-refractivity contribution in [3.05, 3.63) is 82.8 Å². The Hall–Kier alpha value is -3.57. The van der Waals surface area contributed by atoms with E-state index in [1.807, 2.05) is 12.1 Å². The van der Waals surface area contributed by atoms with Gasteiger partial charge >= 0.3 is 0 Å². The molecule has 36 heavy (non-hydrogen) atoms. The minimum atomic E-state index is -3.70. The smallest absolute Gasteiger partial charge is 0.263 e. The third-order valence-electron chi connectivity index (χ3n) is 6.29. The Morgan fingerprint density at radius 2 is 1.83 bits per heavy atom. The van der Waals surface area contributed by atoms with E-state index < -0.39 is 10.0 Å². The van der Waals surface area contributed by atoms with Crippen molar-refractivity contribution in [3.8, 4) is 11.3 Å². The summed E-state index contributed by atoms with van der Waals surface area (Å²) in [4.78, 5) is 19.3. The van der Waals surface area contributed by atoms with Crippen LogP contribution in [0.2, 0.25) is 0 Å². The van der Waals surface area contributed by atoms with Crippen LogP contribution in [0.3, 0.4) is 0 Å². The summed E-state index contributed by atoms with van der Waals surface area (Å²) in [6.07, 6.45) is 3.02. The summed E-state index contributed by atoms with van der Waals surface area (Å²) in [6.45, 7) is 2.78. The van der Waals surface area contributed by atoms with Gasteiger partial charge in [0.2, 0.25) is 0 Å². The molecule has 2 aromatic carbocycles. The van der Waals surface area contributed by atoms with Crippen molar-refractivity contribution in [3.63, 3.8) is 0 Å². The van der Waals surface area contributed by atoms with E-state index in [1.165, 1.54) is 29.7 Å². The lowest BCUT2D eigenvalue weighted by Gasteiger charge is -2.32. The highest BCUT2D eigenvalue weighted by Crippen LogP contribution is 2.32. The number of carbonyl (C=O) groups excluding carboxylic acids is 1. The molecule has 3 heterocycles. The number of nitrogens with one attached hydrogen (secondary N) is 1. The molecule has 1 fully saturated rings. The number of piperidine rings is 1. The Labute approximate surface area is 213 Å². The molecular weight excluding hydrogens is 503 g/mol. The maximum Gasteiger partial charge on any atom is 0.263 e. The van der Waals surface area contributed by atoms with Gasteiger partial charge in [-0.25, -0.2) is 17.8 Å². The Kier molecular flexibility index (Phi) is 6.59. The van der Waals surface area contributed by atoms with Crippen LogP contribution in [0.25, 0.3) is 11.3 Å². The molecule has 188 valence electrons. The van der Waals surface area contributed by atoms with E-state index in [9.17, 15) is 17.6 Å². The summed E-state index contributed by atoms with van der Waals surface area (Å²) in [6, 6.07) is 12.6. The molecule has 8 nitrogen and oxygen atoms in total. The minimum Gasteiger partial charge on any atom is -0.360 e. The lowest BCUT2D eigenvalue weighted by atomic mass is 9.89. The van der Waals surface area contributed by atoms with Crippen molar-refractivity contribution in [2.75, 3.05) is 17.8 Å². The predicted molar refractivity (Wildman–Crippen MR) is 136 cm³/mol. The zero-order valence-electron chi connectivity index (χ0n) is 19.3. The van der Waals surface area contributed by atoms with Crippen molar-refractivity contribution in [2.45, 2.75) is 30.6 Å². The third-order valence-corrected chi connectivity index (χ3v) is 8.46. The second-order valence-corrected chi connectivity index (χ2v) is 11.1. The molecule has 0 radical (unpaired) electrons. The van der Waals surface area contributed by atoms with Gasteiger partial charge in [-0.2, -0.15) is 0 Å². The standard InChI is InChI=1S/C25H23FN4O4S2.H2/c1-16-22(23(28-34-16)19-2-6-20(26)7-3-19)24(31)30-13-10-18(11-14-30)17-4-8-21(9-5-17)36(32,33)29-25-27-12-15-35-25;/h2-9,12,15,18H,10-11,13-14H2,1H3,(H,27,29);1H. The number of aryl methyl sites for hydroxylation is 1. The molecule has 0 aliphatic carbocycles. The van der Waals surface area contributed by atoms with Gasteiger partial charge in [0, 0.05) is 31.7 Å². The van der Waals surface area contributed by atoms with Crippen molar-refractivity contribution >= 4 is 32.4 Å². The number of halogens is 1. The number of sulfonamides is 1. The fourth-order valence-corrected chi connectivity index (χ4v) is 6.16. The first-order valence-corrected chi connectivity index (χ1v) is 13.7. The largest absolute Gasteiger partial charge is 0.360 e.